The van der Waals surface area contributed by atoms with Gasteiger partial charge in [-0.3, -0.25) is 0 Å². The van der Waals surface area contributed by atoms with Crippen LogP contribution in [0.5, 0.6) is 0 Å². The lowest BCUT2D eigenvalue weighted by atomic mass is 10.0. The molecular formula is C13H22O3. The summed E-state index contributed by atoms with van der Waals surface area (Å²) in [4.78, 5) is 10.3. The highest BCUT2D eigenvalue weighted by Crippen LogP contribution is 2.29. The van der Waals surface area contributed by atoms with E-state index >= 15 is 0 Å². The van der Waals surface area contributed by atoms with Crippen molar-refractivity contribution in [2.75, 3.05) is 13.2 Å². The van der Waals surface area contributed by atoms with Crippen LogP contribution in [0, 0.1) is 0 Å². The number of carbonyl (C=O) groups is 1. The summed E-state index contributed by atoms with van der Waals surface area (Å²) >= 11 is 0. The van der Waals surface area contributed by atoms with Gasteiger partial charge in [-0.1, -0.05) is 6.58 Å². The van der Waals surface area contributed by atoms with Gasteiger partial charge in [0.2, 0.25) is 0 Å². The van der Waals surface area contributed by atoms with Crippen LogP contribution in [0.4, 0.5) is 0 Å². The summed E-state index contributed by atoms with van der Waals surface area (Å²) in [6.07, 6.45) is 5.67. The average Bonchev–Trinajstić information content (AvgIpc) is 2.63. The highest BCUT2D eigenvalue weighted by atomic mass is 16.5. The van der Waals surface area contributed by atoms with Crippen LogP contribution in [0.1, 0.15) is 39.0 Å². The van der Waals surface area contributed by atoms with E-state index in [1.807, 2.05) is 6.92 Å². The number of hydrogen-bond acceptors (Lipinski definition) is 3. The molecular weight excluding hydrogens is 204 g/mol. The van der Waals surface area contributed by atoms with Crippen molar-refractivity contribution in [2.45, 2.75) is 51.2 Å². The lowest BCUT2D eigenvalue weighted by Crippen LogP contribution is -2.12. The molecule has 1 saturated heterocycles. The van der Waals surface area contributed by atoms with Crippen molar-refractivity contribution < 1.29 is 14.3 Å². The van der Waals surface area contributed by atoms with Gasteiger partial charge in [0.25, 0.3) is 0 Å². The zero-order valence-electron chi connectivity index (χ0n) is 10.1. The topological polar surface area (TPSA) is 35.5 Å². The Morgan fingerprint density at radius 1 is 1.56 bits per heavy atom. The number of ether oxygens (including phenoxy) is 2. The summed E-state index contributed by atoms with van der Waals surface area (Å²) in [6.45, 7) is 7.60. The van der Waals surface area contributed by atoms with Gasteiger partial charge in [0.1, 0.15) is 6.29 Å². The molecule has 0 aliphatic carbocycles. The maximum Gasteiger partial charge on any atom is 0.120 e. The molecule has 0 bridgehead atoms. The smallest absolute Gasteiger partial charge is 0.120 e. The zero-order valence-corrected chi connectivity index (χ0v) is 10.1. The van der Waals surface area contributed by atoms with E-state index in [0.717, 1.165) is 50.8 Å². The normalized spacial score (nSPS) is 24.9. The molecule has 92 valence electrons. The van der Waals surface area contributed by atoms with Crippen LogP contribution in [-0.2, 0) is 14.3 Å². The van der Waals surface area contributed by atoms with Crippen molar-refractivity contribution in [3.8, 4) is 0 Å². The molecule has 0 aromatic rings. The van der Waals surface area contributed by atoms with Crippen molar-refractivity contribution in [1.82, 2.24) is 0 Å². The second-order valence-electron chi connectivity index (χ2n) is 4.19. The van der Waals surface area contributed by atoms with E-state index in [0.29, 0.717) is 6.42 Å². The molecule has 2 atom stereocenters. The quantitative estimate of drug-likeness (QED) is 0.362. The Hall–Kier alpha value is -0.670. The summed E-state index contributed by atoms with van der Waals surface area (Å²) in [7, 11) is 0. The monoisotopic (exact) mass is 226 g/mol. The molecule has 0 saturated carbocycles. The maximum atomic E-state index is 10.3. The predicted molar refractivity (Wildman–Crippen MR) is 63.4 cm³/mol. The van der Waals surface area contributed by atoms with Gasteiger partial charge >= 0.3 is 0 Å². The first kappa shape index (κ1) is 13.4. The van der Waals surface area contributed by atoms with Crippen molar-refractivity contribution in [1.29, 1.82) is 0 Å². The second kappa shape index (κ2) is 7.58. The van der Waals surface area contributed by atoms with Crippen molar-refractivity contribution in [3.63, 3.8) is 0 Å². The molecule has 3 heteroatoms. The van der Waals surface area contributed by atoms with Crippen LogP contribution in [0.25, 0.3) is 0 Å². The lowest BCUT2D eigenvalue weighted by molar-refractivity contribution is -0.108. The Labute approximate surface area is 97.8 Å². The van der Waals surface area contributed by atoms with E-state index in [4.69, 9.17) is 9.47 Å². The molecule has 3 nitrogen and oxygen atoms in total. The molecule has 0 amide bonds. The standard InChI is InChI=1S/C13H22O3/c1-3-15-9-5-6-12-10-11(2)13(16-12)7-4-8-14/h8,12-13H,2-7,9-10H2,1H3. The molecule has 0 N–H and O–H groups in total. The minimum Gasteiger partial charge on any atom is -0.382 e. The number of hydrogen-bond donors (Lipinski definition) is 0. The minimum atomic E-state index is 0.0993. The van der Waals surface area contributed by atoms with Gasteiger partial charge < -0.3 is 14.3 Å². The van der Waals surface area contributed by atoms with Crippen molar-refractivity contribution in [2.24, 2.45) is 0 Å². The van der Waals surface area contributed by atoms with Gasteiger partial charge in [-0.25, -0.2) is 0 Å². The molecule has 16 heavy (non-hydrogen) atoms. The second-order valence-corrected chi connectivity index (χ2v) is 4.19. The van der Waals surface area contributed by atoms with E-state index in [2.05, 4.69) is 6.58 Å². The molecule has 1 aliphatic heterocycles. The molecule has 1 rings (SSSR count). The Bertz CT molecular complexity index is 225. The van der Waals surface area contributed by atoms with E-state index in [1.54, 1.807) is 0 Å². The highest BCUT2D eigenvalue weighted by Gasteiger charge is 2.27. The minimum absolute atomic E-state index is 0.0993. The maximum absolute atomic E-state index is 10.3. The fraction of sp³-hybridized carbons (Fsp3) is 0.769. The van der Waals surface area contributed by atoms with E-state index in [-0.39, 0.29) is 12.2 Å². The van der Waals surface area contributed by atoms with Crippen LogP contribution < -0.4 is 0 Å². The van der Waals surface area contributed by atoms with Crippen LogP contribution in [0.2, 0.25) is 0 Å². The van der Waals surface area contributed by atoms with Crippen LogP contribution in [0.15, 0.2) is 12.2 Å². The summed E-state index contributed by atoms with van der Waals surface area (Å²) in [5.41, 5.74) is 1.14. The van der Waals surface area contributed by atoms with E-state index in [9.17, 15) is 4.79 Å². The summed E-state index contributed by atoms with van der Waals surface area (Å²) < 4.78 is 11.1. The van der Waals surface area contributed by atoms with Crippen molar-refractivity contribution in [3.05, 3.63) is 12.2 Å². The molecule has 2 unspecified atom stereocenters. The van der Waals surface area contributed by atoms with Crippen LogP contribution in [0.3, 0.4) is 0 Å². The Morgan fingerprint density at radius 2 is 2.38 bits per heavy atom. The first-order valence-electron chi connectivity index (χ1n) is 6.12. The summed E-state index contributed by atoms with van der Waals surface area (Å²) in [6, 6.07) is 0. The third kappa shape index (κ3) is 4.45. The summed E-state index contributed by atoms with van der Waals surface area (Å²) in [5, 5.41) is 0. The zero-order chi connectivity index (χ0) is 11.8. The first-order chi connectivity index (χ1) is 7.77. The fourth-order valence-electron chi connectivity index (χ4n) is 2.02. The first-order valence-corrected chi connectivity index (χ1v) is 6.12. The molecule has 1 aliphatic rings. The van der Waals surface area contributed by atoms with Gasteiger partial charge in [0, 0.05) is 19.6 Å². The third-order valence-electron chi connectivity index (χ3n) is 2.87. The molecule has 0 aromatic heterocycles. The molecule has 0 aromatic carbocycles. The average molecular weight is 226 g/mol. The number of rotatable bonds is 8. The third-order valence-corrected chi connectivity index (χ3v) is 2.87. The van der Waals surface area contributed by atoms with Gasteiger partial charge in [0.05, 0.1) is 12.2 Å². The largest absolute Gasteiger partial charge is 0.382 e. The molecule has 1 fully saturated rings. The fourth-order valence-corrected chi connectivity index (χ4v) is 2.02. The lowest BCUT2D eigenvalue weighted by Gasteiger charge is -2.12. The van der Waals surface area contributed by atoms with E-state index in [1.165, 1.54) is 0 Å². The number of carbonyl (C=O) groups excluding carboxylic acids is 1. The number of aldehydes is 1. The van der Waals surface area contributed by atoms with Gasteiger partial charge in [-0.05, 0) is 38.2 Å². The molecule has 0 radical (unpaired) electrons. The van der Waals surface area contributed by atoms with Crippen LogP contribution in [-0.4, -0.2) is 31.7 Å². The summed E-state index contributed by atoms with van der Waals surface area (Å²) in [5.74, 6) is 0. The molecule has 0 spiro atoms. The predicted octanol–water partition coefficient (Wildman–Crippen LogP) is 2.50. The van der Waals surface area contributed by atoms with Gasteiger partial charge in [-0.15, -0.1) is 0 Å². The van der Waals surface area contributed by atoms with Crippen LogP contribution >= 0.6 is 0 Å². The van der Waals surface area contributed by atoms with Gasteiger partial charge in [0.15, 0.2) is 0 Å². The van der Waals surface area contributed by atoms with Gasteiger partial charge in [-0.2, -0.15) is 0 Å². The Morgan fingerprint density at radius 3 is 3.06 bits per heavy atom. The SMILES string of the molecule is C=C1CC(CCCOCC)OC1CCC=O. The molecule has 1 heterocycles. The Kier molecular flexibility index (Phi) is 6.34. The van der Waals surface area contributed by atoms with Crippen molar-refractivity contribution >= 4 is 6.29 Å². The highest BCUT2D eigenvalue weighted by molar-refractivity contribution is 5.49. The van der Waals surface area contributed by atoms with E-state index < -0.39 is 0 Å². The Balaban J connectivity index is 2.16.